The highest BCUT2D eigenvalue weighted by Gasteiger charge is 2.27. The fourth-order valence-electron chi connectivity index (χ4n) is 2.84. The van der Waals surface area contributed by atoms with E-state index in [9.17, 15) is 4.79 Å². The molecule has 1 saturated heterocycles. The summed E-state index contributed by atoms with van der Waals surface area (Å²) >= 11 is 0. The van der Waals surface area contributed by atoms with E-state index in [1.165, 1.54) is 0 Å². The molecular weight excluding hydrogens is 254 g/mol. The fraction of sp³-hybridized carbons (Fsp3) is 0.667. The minimum Gasteiger partial charge on any atom is -0.397 e. The quantitative estimate of drug-likeness (QED) is 0.837. The number of amides is 1. The Balaban J connectivity index is 1.94. The summed E-state index contributed by atoms with van der Waals surface area (Å²) in [5.41, 5.74) is 7.08. The standard InChI is InChI=1S/C15H25N3O2/c1-3-6-18-10-12(16)8-13(18)15(19)17-9-11-5-7-20-14(11)4-2/h8,10-11,14H,3-7,9,16H2,1-2H3,(H,17,19). The number of hydrogen-bond acceptors (Lipinski definition) is 3. The Morgan fingerprint density at radius 1 is 1.55 bits per heavy atom. The summed E-state index contributed by atoms with van der Waals surface area (Å²) < 4.78 is 7.57. The number of nitrogen functional groups attached to an aromatic ring is 1. The van der Waals surface area contributed by atoms with E-state index < -0.39 is 0 Å². The van der Waals surface area contributed by atoms with Crippen LogP contribution in [0, 0.1) is 5.92 Å². The molecule has 1 aromatic heterocycles. The summed E-state index contributed by atoms with van der Waals surface area (Å²) in [4.78, 5) is 12.3. The van der Waals surface area contributed by atoms with Crippen molar-refractivity contribution in [2.24, 2.45) is 5.92 Å². The van der Waals surface area contributed by atoms with Crippen molar-refractivity contribution in [3.8, 4) is 0 Å². The van der Waals surface area contributed by atoms with E-state index in [2.05, 4.69) is 19.2 Å². The van der Waals surface area contributed by atoms with Crippen LogP contribution in [0.25, 0.3) is 0 Å². The molecule has 2 rings (SSSR count). The minimum absolute atomic E-state index is 0.0445. The highest BCUT2D eigenvalue weighted by Crippen LogP contribution is 2.22. The topological polar surface area (TPSA) is 69.3 Å². The molecule has 0 spiro atoms. The lowest BCUT2D eigenvalue weighted by molar-refractivity contribution is 0.0823. The molecule has 1 fully saturated rings. The Morgan fingerprint density at radius 2 is 2.35 bits per heavy atom. The minimum atomic E-state index is -0.0445. The first-order valence-corrected chi connectivity index (χ1v) is 7.51. The predicted molar refractivity (Wildman–Crippen MR) is 79.6 cm³/mol. The van der Waals surface area contributed by atoms with E-state index in [-0.39, 0.29) is 12.0 Å². The molecule has 1 aliphatic rings. The average molecular weight is 279 g/mol. The van der Waals surface area contributed by atoms with Crippen molar-refractivity contribution in [3.05, 3.63) is 18.0 Å². The zero-order valence-corrected chi connectivity index (χ0v) is 12.4. The zero-order valence-electron chi connectivity index (χ0n) is 12.4. The van der Waals surface area contributed by atoms with Gasteiger partial charge in [0, 0.05) is 31.8 Å². The van der Waals surface area contributed by atoms with Gasteiger partial charge in [-0.05, 0) is 25.3 Å². The predicted octanol–water partition coefficient (Wildman–Crippen LogP) is 2.03. The number of carbonyl (C=O) groups is 1. The summed E-state index contributed by atoms with van der Waals surface area (Å²) in [7, 11) is 0. The van der Waals surface area contributed by atoms with Crippen molar-refractivity contribution in [1.82, 2.24) is 9.88 Å². The Kier molecular flexibility index (Phi) is 5.06. The average Bonchev–Trinajstić information content (AvgIpc) is 3.02. The second kappa shape index (κ2) is 6.79. The third kappa shape index (κ3) is 3.33. The van der Waals surface area contributed by atoms with Crippen LogP contribution in [0.4, 0.5) is 5.69 Å². The van der Waals surface area contributed by atoms with E-state index in [0.717, 1.165) is 32.4 Å². The second-order valence-corrected chi connectivity index (χ2v) is 5.43. The molecule has 1 amide bonds. The maximum Gasteiger partial charge on any atom is 0.267 e. The van der Waals surface area contributed by atoms with Crippen LogP contribution in [0.15, 0.2) is 12.3 Å². The highest BCUT2D eigenvalue weighted by molar-refractivity contribution is 5.93. The number of anilines is 1. The maximum atomic E-state index is 12.3. The third-order valence-electron chi connectivity index (χ3n) is 3.89. The lowest BCUT2D eigenvalue weighted by atomic mass is 10.00. The van der Waals surface area contributed by atoms with Crippen molar-refractivity contribution >= 4 is 11.6 Å². The normalized spacial score (nSPS) is 22.1. The zero-order chi connectivity index (χ0) is 14.5. The molecule has 0 radical (unpaired) electrons. The van der Waals surface area contributed by atoms with Gasteiger partial charge in [0.1, 0.15) is 5.69 Å². The van der Waals surface area contributed by atoms with Gasteiger partial charge in [0.2, 0.25) is 0 Å². The van der Waals surface area contributed by atoms with Gasteiger partial charge in [0.05, 0.1) is 11.8 Å². The van der Waals surface area contributed by atoms with Crippen LogP contribution in [0.2, 0.25) is 0 Å². The van der Waals surface area contributed by atoms with Crippen molar-refractivity contribution in [2.75, 3.05) is 18.9 Å². The summed E-state index contributed by atoms with van der Waals surface area (Å²) in [5.74, 6) is 0.382. The van der Waals surface area contributed by atoms with Crippen LogP contribution in [-0.4, -0.2) is 29.7 Å². The summed E-state index contributed by atoms with van der Waals surface area (Å²) in [5, 5.41) is 3.02. The monoisotopic (exact) mass is 279 g/mol. The molecular formula is C15H25N3O2. The van der Waals surface area contributed by atoms with E-state index in [1.807, 2.05) is 10.8 Å². The van der Waals surface area contributed by atoms with Gasteiger partial charge >= 0.3 is 0 Å². The molecule has 5 heteroatoms. The first-order valence-electron chi connectivity index (χ1n) is 7.51. The van der Waals surface area contributed by atoms with Gasteiger partial charge in [-0.15, -0.1) is 0 Å². The lowest BCUT2D eigenvalue weighted by Crippen LogP contribution is -2.33. The molecule has 0 aromatic carbocycles. The molecule has 2 heterocycles. The van der Waals surface area contributed by atoms with Crippen LogP contribution in [-0.2, 0) is 11.3 Å². The lowest BCUT2D eigenvalue weighted by Gasteiger charge is -2.17. The molecule has 20 heavy (non-hydrogen) atoms. The number of aromatic nitrogens is 1. The van der Waals surface area contributed by atoms with E-state index in [1.54, 1.807) is 6.07 Å². The van der Waals surface area contributed by atoms with Crippen LogP contribution in [0.3, 0.4) is 0 Å². The Hall–Kier alpha value is -1.49. The van der Waals surface area contributed by atoms with Gasteiger partial charge in [-0.25, -0.2) is 0 Å². The van der Waals surface area contributed by atoms with Gasteiger partial charge < -0.3 is 20.4 Å². The van der Waals surface area contributed by atoms with Crippen molar-refractivity contribution in [2.45, 2.75) is 45.8 Å². The number of carbonyl (C=O) groups excluding carboxylic acids is 1. The first-order chi connectivity index (χ1) is 9.65. The number of aryl methyl sites for hydroxylation is 1. The van der Waals surface area contributed by atoms with E-state index in [0.29, 0.717) is 23.8 Å². The molecule has 0 bridgehead atoms. The number of nitrogens with one attached hydrogen (secondary N) is 1. The summed E-state index contributed by atoms with van der Waals surface area (Å²) in [6.45, 7) is 6.49. The van der Waals surface area contributed by atoms with Crippen LogP contribution < -0.4 is 11.1 Å². The Labute approximate surface area is 120 Å². The maximum absolute atomic E-state index is 12.3. The van der Waals surface area contributed by atoms with Crippen molar-refractivity contribution in [3.63, 3.8) is 0 Å². The summed E-state index contributed by atoms with van der Waals surface area (Å²) in [6.07, 6.45) is 5.11. The number of rotatable bonds is 6. The number of nitrogens with two attached hydrogens (primary N) is 1. The molecule has 1 aliphatic heterocycles. The molecule has 3 N–H and O–H groups in total. The smallest absolute Gasteiger partial charge is 0.267 e. The molecule has 5 nitrogen and oxygen atoms in total. The van der Waals surface area contributed by atoms with E-state index >= 15 is 0 Å². The molecule has 2 unspecified atom stereocenters. The fourth-order valence-corrected chi connectivity index (χ4v) is 2.84. The van der Waals surface area contributed by atoms with Crippen LogP contribution in [0.1, 0.15) is 43.6 Å². The van der Waals surface area contributed by atoms with Gasteiger partial charge in [-0.2, -0.15) is 0 Å². The van der Waals surface area contributed by atoms with Gasteiger partial charge in [0.25, 0.3) is 5.91 Å². The third-order valence-corrected chi connectivity index (χ3v) is 3.89. The summed E-state index contributed by atoms with van der Waals surface area (Å²) in [6, 6.07) is 1.74. The van der Waals surface area contributed by atoms with Crippen molar-refractivity contribution in [1.29, 1.82) is 0 Å². The van der Waals surface area contributed by atoms with Gasteiger partial charge in [-0.1, -0.05) is 13.8 Å². The molecule has 2 atom stereocenters. The van der Waals surface area contributed by atoms with Crippen LogP contribution in [0.5, 0.6) is 0 Å². The molecule has 1 aromatic rings. The Morgan fingerprint density at radius 3 is 3.05 bits per heavy atom. The van der Waals surface area contributed by atoms with Crippen LogP contribution >= 0.6 is 0 Å². The largest absolute Gasteiger partial charge is 0.397 e. The van der Waals surface area contributed by atoms with Gasteiger partial charge in [0.15, 0.2) is 0 Å². The number of nitrogens with zero attached hydrogens (tertiary/aromatic N) is 1. The second-order valence-electron chi connectivity index (χ2n) is 5.43. The first kappa shape index (κ1) is 14.9. The highest BCUT2D eigenvalue weighted by atomic mass is 16.5. The Bertz CT molecular complexity index is 456. The molecule has 112 valence electrons. The van der Waals surface area contributed by atoms with E-state index in [4.69, 9.17) is 10.5 Å². The number of ether oxygens (including phenoxy) is 1. The van der Waals surface area contributed by atoms with Crippen molar-refractivity contribution < 1.29 is 9.53 Å². The van der Waals surface area contributed by atoms with Gasteiger partial charge in [-0.3, -0.25) is 4.79 Å². The number of hydrogen-bond donors (Lipinski definition) is 2. The SMILES string of the molecule is CCCn1cc(N)cc1C(=O)NCC1CCOC1CC. The molecule has 0 aliphatic carbocycles. The molecule has 0 saturated carbocycles.